The lowest BCUT2D eigenvalue weighted by molar-refractivity contribution is -0.150. The van der Waals surface area contributed by atoms with Gasteiger partial charge in [0, 0.05) is 13.6 Å². The van der Waals surface area contributed by atoms with Crippen LogP contribution < -0.4 is 4.74 Å². The zero-order chi connectivity index (χ0) is 20.5. The molecule has 0 N–H and O–H groups in total. The predicted molar refractivity (Wildman–Crippen MR) is 99.3 cm³/mol. The largest absolute Gasteiger partial charge is 0.489 e. The summed E-state index contributed by atoms with van der Waals surface area (Å²) in [6.07, 6.45) is 0.292. The van der Waals surface area contributed by atoms with E-state index in [1.165, 1.54) is 4.90 Å². The first-order valence-electron chi connectivity index (χ1n) is 8.80. The fraction of sp³-hybridized carbons (Fsp3) is 0.400. The summed E-state index contributed by atoms with van der Waals surface area (Å²) in [4.78, 5) is 25.0. The van der Waals surface area contributed by atoms with Gasteiger partial charge in [0.2, 0.25) is 0 Å². The van der Waals surface area contributed by atoms with E-state index in [1.54, 1.807) is 31.3 Å². The third kappa shape index (κ3) is 6.13. The Kier molecular flexibility index (Phi) is 7.57. The van der Waals surface area contributed by atoms with Gasteiger partial charge in [0.25, 0.3) is 5.91 Å². The summed E-state index contributed by atoms with van der Waals surface area (Å²) in [5, 5.41) is 12.4. The van der Waals surface area contributed by atoms with Crippen LogP contribution in [0.1, 0.15) is 29.0 Å². The second-order valence-corrected chi connectivity index (χ2v) is 6.30. The molecule has 2 aromatic rings. The number of ether oxygens (including phenoxy) is 2. The molecule has 148 valence electrons. The van der Waals surface area contributed by atoms with Crippen molar-refractivity contribution in [2.75, 3.05) is 20.2 Å². The fourth-order valence-corrected chi connectivity index (χ4v) is 2.38. The molecular weight excluding hydrogens is 362 g/mol. The number of amides is 1. The zero-order valence-electron chi connectivity index (χ0n) is 16.2. The molecule has 8 nitrogen and oxygen atoms in total. The molecule has 0 bridgehead atoms. The first-order chi connectivity index (χ1) is 13.4. The van der Waals surface area contributed by atoms with Crippen LogP contribution in [0.3, 0.4) is 0 Å². The monoisotopic (exact) mass is 385 g/mol. The van der Waals surface area contributed by atoms with Gasteiger partial charge in [-0.1, -0.05) is 17.3 Å². The van der Waals surface area contributed by atoms with Crippen LogP contribution >= 0.6 is 0 Å². The number of carbonyl (C=O) groups excluding carboxylic acids is 2. The highest BCUT2D eigenvalue weighted by molar-refractivity contribution is 5.81. The molecule has 0 radical (unpaired) electrons. The van der Waals surface area contributed by atoms with E-state index in [9.17, 15) is 9.59 Å². The number of aryl methyl sites for hydroxylation is 2. The minimum atomic E-state index is -0.494. The molecule has 0 aliphatic heterocycles. The van der Waals surface area contributed by atoms with E-state index in [0.29, 0.717) is 18.9 Å². The summed E-state index contributed by atoms with van der Waals surface area (Å²) in [5.41, 5.74) is 2.46. The standard InChI is InChI=1S/C20H23N3O5/c1-14-18(15(2)28-22-14)12-26-17-7-5-16(6-8-17)11-20(25)27-13-19(24)23(3)10-4-9-21/h5-8H,4,10-13H2,1-3H3. The van der Waals surface area contributed by atoms with Crippen molar-refractivity contribution in [2.45, 2.75) is 33.3 Å². The van der Waals surface area contributed by atoms with Crippen molar-refractivity contribution in [3.63, 3.8) is 0 Å². The van der Waals surface area contributed by atoms with Gasteiger partial charge in [-0.05, 0) is 31.5 Å². The van der Waals surface area contributed by atoms with Crippen LogP contribution in [0.4, 0.5) is 0 Å². The number of nitriles is 1. The van der Waals surface area contributed by atoms with Crippen LogP contribution in [-0.4, -0.2) is 42.1 Å². The molecular formula is C20H23N3O5. The van der Waals surface area contributed by atoms with Crippen LogP contribution in [0.5, 0.6) is 5.75 Å². The van der Waals surface area contributed by atoms with Crippen molar-refractivity contribution < 1.29 is 23.6 Å². The Morgan fingerprint density at radius 3 is 2.57 bits per heavy atom. The van der Waals surface area contributed by atoms with Gasteiger partial charge in [-0.15, -0.1) is 0 Å². The highest BCUT2D eigenvalue weighted by Gasteiger charge is 2.13. The number of benzene rings is 1. The average molecular weight is 385 g/mol. The van der Waals surface area contributed by atoms with Gasteiger partial charge in [0.1, 0.15) is 18.1 Å². The molecule has 0 spiro atoms. The summed E-state index contributed by atoms with van der Waals surface area (Å²) in [7, 11) is 1.56. The van der Waals surface area contributed by atoms with Gasteiger partial charge in [0.05, 0.1) is 30.2 Å². The SMILES string of the molecule is Cc1noc(C)c1COc1ccc(CC(=O)OCC(=O)N(C)CCC#N)cc1. The van der Waals surface area contributed by atoms with Crippen LogP contribution in [0.2, 0.25) is 0 Å². The maximum absolute atomic E-state index is 11.9. The smallest absolute Gasteiger partial charge is 0.310 e. The number of esters is 1. The summed E-state index contributed by atoms with van der Waals surface area (Å²) in [5.74, 6) is 0.550. The number of likely N-dealkylation sites (N-methyl/N-ethyl adjacent to an activating group) is 1. The van der Waals surface area contributed by atoms with Gasteiger partial charge in [-0.25, -0.2) is 0 Å². The summed E-state index contributed by atoms with van der Waals surface area (Å²) >= 11 is 0. The Morgan fingerprint density at radius 1 is 1.25 bits per heavy atom. The molecule has 8 heteroatoms. The van der Waals surface area contributed by atoms with Gasteiger partial charge in [0.15, 0.2) is 6.61 Å². The van der Waals surface area contributed by atoms with E-state index >= 15 is 0 Å². The summed E-state index contributed by atoms with van der Waals surface area (Å²) < 4.78 is 15.8. The quantitative estimate of drug-likeness (QED) is 0.610. The average Bonchev–Trinajstić information content (AvgIpc) is 3.01. The number of hydrogen-bond donors (Lipinski definition) is 0. The van der Waals surface area contributed by atoms with E-state index in [4.69, 9.17) is 19.3 Å². The lowest BCUT2D eigenvalue weighted by Crippen LogP contribution is -2.32. The topological polar surface area (TPSA) is 106 Å². The second kappa shape index (κ2) is 10.1. The molecule has 28 heavy (non-hydrogen) atoms. The second-order valence-electron chi connectivity index (χ2n) is 6.30. The normalized spacial score (nSPS) is 10.2. The van der Waals surface area contributed by atoms with Crippen molar-refractivity contribution in [1.82, 2.24) is 10.1 Å². The maximum atomic E-state index is 11.9. The minimum absolute atomic E-state index is 0.0549. The molecule has 2 rings (SSSR count). The van der Waals surface area contributed by atoms with E-state index in [2.05, 4.69) is 5.16 Å². The highest BCUT2D eigenvalue weighted by atomic mass is 16.5. The van der Waals surface area contributed by atoms with Crippen LogP contribution in [0.15, 0.2) is 28.8 Å². The number of nitrogens with zero attached hydrogens (tertiary/aromatic N) is 3. The van der Waals surface area contributed by atoms with Crippen LogP contribution in [0, 0.1) is 25.2 Å². The van der Waals surface area contributed by atoms with Crippen LogP contribution in [-0.2, 0) is 27.4 Å². The Balaban J connectivity index is 1.78. The maximum Gasteiger partial charge on any atom is 0.310 e. The number of rotatable bonds is 9. The van der Waals surface area contributed by atoms with Gasteiger partial charge >= 0.3 is 5.97 Å². The van der Waals surface area contributed by atoms with E-state index in [0.717, 1.165) is 22.6 Å². The first-order valence-corrected chi connectivity index (χ1v) is 8.80. The third-order valence-corrected chi connectivity index (χ3v) is 4.18. The molecule has 1 aromatic heterocycles. The van der Waals surface area contributed by atoms with Gasteiger partial charge < -0.3 is 18.9 Å². The lowest BCUT2D eigenvalue weighted by atomic mass is 10.1. The Morgan fingerprint density at radius 2 is 1.96 bits per heavy atom. The number of aromatic nitrogens is 1. The van der Waals surface area contributed by atoms with E-state index in [1.807, 2.05) is 19.9 Å². The zero-order valence-corrected chi connectivity index (χ0v) is 16.2. The number of carbonyl (C=O) groups is 2. The molecule has 1 amide bonds. The van der Waals surface area contributed by atoms with Crippen molar-refractivity contribution in [2.24, 2.45) is 0 Å². The number of hydrogen-bond acceptors (Lipinski definition) is 7. The molecule has 0 saturated carbocycles. The van der Waals surface area contributed by atoms with E-state index in [-0.39, 0.29) is 25.4 Å². The summed E-state index contributed by atoms with van der Waals surface area (Å²) in [6, 6.07) is 9.03. The molecule has 0 aliphatic rings. The Hall–Kier alpha value is -3.34. The lowest BCUT2D eigenvalue weighted by Gasteiger charge is -2.15. The van der Waals surface area contributed by atoms with Crippen molar-refractivity contribution in [3.05, 3.63) is 46.8 Å². The third-order valence-electron chi connectivity index (χ3n) is 4.18. The molecule has 0 aliphatic carbocycles. The molecule has 1 heterocycles. The highest BCUT2D eigenvalue weighted by Crippen LogP contribution is 2.18. The minimum Gasteiger partial charge on any atom is -0.489 e. The first kappa shape index (κ1) is 21.0. The predicted octanol–water partition coefficient (Wildman–Crippen LogP) is 2.33. The molecule has 0 unspecified atom stereocenters. The fourth-order valence-electron chi connectivity index (χ4n) is 2.38. The Labute approximate surface area is 163 Å². The molecule has 0 fully saturated rings. The Bertz CT molecular complexity index is 832. The molecule has 1 aromatic carbocycles. The molecule has 0 atom stereocenters. The van der Waals surface area contributed by atoms with Crippen molar-refractivity contribution >= 4 is 11.9 Å². The molecule has 0 saturated heterocycles. The van der Waals surface area contributed by atoms with Crippen LogP contribution in [0.25, 0.3) is 0 Å². The summed E-state index contributed by atoms with van der Waals surface area (Å²) in [6.45, 7) is 4.01. The van der Waals surface area contributed by atoms with Crippen molar-refractivity contribution in [1.29, 1.82) is 5.26 Å². The van der Waals surface area contributed by atoms with E-state index < -0.39 is 5.97 Å². The van der Waals surface area contributed by atoms with Gasteiger partial charge in [-0.3, -0.25) is 9.59 Å². The van der Waals surface area contributed by atoms with Gasteiger partial charge in [-0.2, -0.15) is 5.26 Å². The van der Waals surface area contributed by atoms with Crippen molar-refractivity contribution in [3.8, 4) is 11.8 Å².